The van der Waals surface area contributed by atoms with Gasteiger partial charge in [-0.3, -0.25) is 5.32 Å². The lowest BCUT2D eigenvalue weighted by molar-refractivity contribution is 0.0527. The largest absolute Gasteiger partial charge is 0.497 e. The van der Waals surface area contributed by atoms with Crippen molar-refractivity contribution in [2.45, 2.75) is 26.2 Å². The Morgan fingerprint density at radius 1 is 1.26 bits per heavy atom. The molecule has 3 rings (SSSR count). The highest BCUT2D eigenvalue weighted by atomic mass is 32.1. The Kier molecular flexibility index (Phi) is 6.08. The van der Waals surface area contributed by atoms with Crippen molar-refractivity contribution >= 4 is 34.6 Å². The second kappa shape index (κ2) is 8.68. The number of nitrogens with zero attached hydrogens (tertiary/aromatic N) is 1. The zero-order chi connectivity index (χ0) is 19.2. The van der Waals surface area contributed by atoms with Crippen LogP contribution < -0.4 is 15.5 Å². The molecule has 8 heteroatoms. The summed E-state index contributed by atoms with van der Waals surface area (Å²) in [6.45, 7) is 2.05. The van der Waals surface area contributed by atoms with E-state index in [0.717, 1.165) is 41.0 Å². The lowest BCUT2D eigenvalue weighted by Gasteiger charge is -2.07. The number of aryl methyl sites for hydroxylation is 1. The van der Waals surface area contributed by atoms with Crippen LogP contribution in [0.1, 0.15) is 39.7 Å². The molecule has 27 heavy (non-hydrogen) atoms. The Morgan fingerprint density at radius 3 is 2.74 bits per heavy atom. The molecule has 1 aromatic carbocycles. The number of thiophene rings is 1. The van der Waals surface area contributed by atoms with Crippen molar-refractivity contribution in [3.63, 3.8) is 0 Å². The van der Waals surface area contributed by atoms with Crippen LogP contribution in [0.4, 0.5) is 9.80 Å². The van der Waals surface area contributed by atoms with E-state index >= 15 is 0 Å². The van der Waals surface area contributed by atoms with Gasteiger partial charge < -0.3 is 9.47 Å². The van der Waals surface area contributed by atoms with E-state index in [-0.39, 0.29) is 0 Å². The quantitative estimate of drug-likeness (QED) is 0.450. The number of urea groups is 1. The number of hydrogen-bond acceptors (Lipinski definition) is 6. The van der Waals surface area contributed by atoms with Gasteiger partial charge >= 0.3 is 12.0 Å². The Balaban J connectivity index is 1.65. The van der Waals surface area contributed by atoms with Gasteiger partial charge in [-0.2, -0.15) is 5.10 Å². The molecule has 0 unspecified atom stereocenters. The topological polar surface area (TPSA) is 89.0 Å². The molecule has 0 spiro atoms. The number of anilines is 1. The molecular weight excluding hydrogens is 366 g/mol. The molecule has 0 aliphatic heterocycles. The van der Waals surface area contributed by atoms with Crippen LogP contribution in [0.2, 0.25) is 0 Å². The summed E-state index contributed by atoms with van der Waals surface area (Å²) >= 11 is 1.43. The summed E-state index contributed by atoms with van der Waals surface area (Å²) < 4.78 is 10.2. The minimum absolute atomic E-state index is 0.293. The molecule has 7 nitrogen and oxygen atoms in total. The number of carbonyl (C=O) groups is 2. The molecular formula is C19H21N3O4S. The van der Waals surface area contributed by atoms with E-state index in [2.05, 4.69) is 15.8 Å². The normalized spacial score (nSPS) is 12.7. The number of hydrazone groups is 1. The second-order valence-corrected chi connectivity index (χ2v) is 6.98. The smallest absolute Gasteiger partial charge is 0.341 e. The van der Waals surface area contributed by atoms with Crippen LogP contribution in [0.3, 0.4) is 0 Å². The van der Waals surface area contributed by atoms with Crippen LogP contribution in [0.25, 0.3) is 0 Å². The number of fused-ring (bicyclic) bond motifs is 1. The van der Waals surface area contributed by atoms with E-state index in [0.29, 0.717) is 17.2 Å². The average Bonchev–Trinajstić information content (AvgIpc) is 3.23. The van der Waals surface area contributed by atoms with Crippen molar-refractivity contribution in [1.82, 2.24) is 5.43 Å². The summed E-state index contributed by atoms with van der Waals surface area (Å²) in [6.07, 6.45) is 4.30. The zero-order valence-corrected chi connectivity index (χ0v) is 16.0. The van der Waals surface area contributed by atoms with Gasteiger partial charge in [-0.05, 0) is 61.6 Å². The van der Waals surface area contributed by atoms with Crippen LogP contribution in [0.5, 0.6) is 5.75 Å². The van der Waals surface area contributed by atoms with Gasteiger partial charge in [0.25, 0.3) is 0 Å². The van der Waals surface area contributed by atoms with Gasteiger partial charge in [0, 0.05) is 4.88 Å². The summed E-state index contributed by atoms with van der Waals surface area (Å²) in [5.74, 6) is 0.351. The molecule has 1 aliphatic rings. The maximum Gasteiger partial charge on any atom is 0.341 e. The Labute approximate surface area is 161 Å². The van der Waals surface area contributed by atoms with Crippen molar-refractivity contribution in [2.24, 2.45) is 5.10 Å². The van der Waals surface area contributed by atoms with Crippen LogP contribution in [0, 0.1) is 0 Å². The lowest BCUT2D eigenvalue weighted by atomic mass is 10.1. The Bertz CT molecular complexity index is 859. The van der Waals surface area contributed by atoms with Gasteiger partial charge in [-0.15, -0.1) is 11.3 Å². The molecule has 0 atom stereocenters. The fourth-order valence-electron chi connectivity index (χ4n) is 2.90. The molecule has 2 aromatic rings. The Hall–Kier alpha value is -2.87. The highest BCUT2D eigenvalue weighted by Crippen LogP contribution is 2.39. The van der Waals surface area contributed by atoms with Gasteiger partial charge in [-0.25, -0.2) is 15.0 Å². The predicted molar refractivity (Wildman–Crippen MR) is 105 cm³/mol. The number of ether oxygens (including phenoxy) is 2. The van der Waals surface area contributed by atoms with E-state index in [1.165, 1.54) is 17.6 Å². The highest BCUT2D eigenvalue weighted by molar-refractivity contribution is 7.17. The molecule has 1 heterocycles. The van der Waals surface area contributed by atoms with E-state index in [4.69, 9.17) is 9.47 Å². The van der Waals surface area contributed by atoms with E-state index in [1.807, 2.05) is 12.1 Å². The van der Waals surface area contributed by atoms with Crippen molar-refractivity contribution in [3.05, 3.63) is 45.8 Å². The van der Waals surface area contributed by atoms with Gasteiger partial charge in [0.15, 0.2) is 0 Å². The first-order valence-electron chi connectivity index (χ1n) is 8.68. The fraction of sp³-hybridized carbons (Fsp3) is 0.316. The Morgan fingerprint density at radius 2 is 2.04 bits per heavy atom. The molecule has 0 bridgehead atoms. The van der Waals surface area contributed by atoms with Gasteiger partial charge in [-0.1, -0.05) is 0 Å². The molecule has 1 aliphatic carbocycles. The maximum atomic E-state index is 12.3. The summed E-state index contributed by atoms with van der Waals surface area (Å²) in [6, 6.07) is 6.75. The first-order chi connectivity index (χ1) is 13.1. The third kappa shape index (κ3) is 4.46. The molecule has 2 amide bonds. The number of rotatable bonds is 6. The third-order valence-corrected chi connectivity index (χ3v) is 5.33. The van der Waals surface area contributed by atoms with Crippen LogP contribution in [-0.4, -0.2) is 31.9 Å². The van der Waals surface area contributed by atoms with E-state index in [1.54, 1.807) is 26.2 Å². The van der Waals surface area contributed by atoms with Gasteiger partial charge in [0.1, 0.15) is 10.8 Å². The van der Waals surface area contributed by atoms with Crippen LogP contribution >= 0.6 is 11.3 Å². The third-order valence-electron chi connectivity index (χ3n) is 4.12. The lowest BCUT2D eigenvalue weighted by Crippen LogP contribution is -2.25. The molecule has 2 N–H and O–H groups in total. The van der Waals surface area contributed by atoms with Crippen molar-refractivity contribution in [1.29, 1.82) is 0 Å². The van der Waals surface area contributed by atoms with E-state index < -0.39 is 12.0 Å². The molecule has 1 aromatic heterocycles. The zero-order valence-electron chi connectivity index (χ0n) is 15.2. The molecule has 0 saturated carbocycles. The number of carbonyl (C=O) groups excluding carboxylic acids is 2. The summed E-state index contributed by atoms with van der Waals surface area (Å²) in [7, 11) is 1.60. The molecule has 0 fully saturated rings. The average molecular weight is 387 g/mol. The maximum absolute atomic E-state index is 12.3. The van der Waals surface area contributed by atoms with Crippen LogP contribution in [-0.2, 0) is 17.6 Å². The summed E-state index contributed by atoms with van der Waals surface area (Å²) in [4.78, 5) is 25.6. The van der Waals surface area contributed by atoms with Gasteiger partial charge in [0.05, 0.1) is 25.5 Å². The minimum Gasteiger partial charge on any atom is -0.497 e. The second-order valence-electron chi connectivity index (χ2n) is 5.88. The number of methoxy groups -OCH3 is 1. The molecule has 142 valence electrons. The van der Waals surface area contributed by atoms with E-state index in [9.17, 15) is 9.59 Å². The standard InChI is InChI=1S/C19H21N3O4S/c1-3-26-18(23)16-14-5-4-6-15(14)27-17(16)21-19(24)22-20-11-12-7-9-13(25-2)10-8-12/h7-11H,3-6H2,1-2H3,(H2,21,22,24). The SMILES string of the molecule is CCOC(=O)c1c(NC(=O)NN=Cc2ccc(OC)cc2)sc2c1CCC2. The number of benzene rings is 1. The molecule has 0 saturated heterocycles. The monoisotopic (exact) mass is 387 g/mol. The fourth-order valence-corrected chi connectivity index (χ4v) is 4.17. The van der Waals surface area contributed by atoms with Crippen molar-refractivity contribution < 1.29 is 19.1 Å². The summed E-state index contributed by atoms with van der Waals surface area (Å²) in [5.41, 5.74) is 4.70. The minimum atomic E-state index is -0.509. The van der Waals surface area contributed by atoms with Crippen LogP contribution in [0.15, 0.2) is 29.4 Å². The van der Waals surface area contributed by atoms with Crippen molar-refractivity contribution in [3.8, 4) is 5.75 Å². The number of amides is 2. The summed E-state index contributed by atoms with van der Waals surface area (Å²) in [5, 5.41) is 7.16. The predicted octanol–water partition coefficient (Wildman–Crippen LogP) is 3.58. The first-order valence-corrected chi connectivity index (χ1v) is 9.49. The first kappa shape index (κ1) is 18.9. The molecule has 0 radical (unpaired) electrons. The number of hydrogen-bond donors (Lipinski definition) is 2. The highest BCUT2D eigenvalue weighted by Gasteiger charge is 2.28. The van der Waals surface area contributed by atoms with Gasteiger partial charge in [0.2, 0.25) is 0 Å². The number of nitrogens with one attached hydrogen (secondary N) is 2. The number of esters is 1. The van der Waals surface area contributed by atoms with Crippen molar-refractivity contribution in [2.75, 3.05) is 19.0 Å².